The minimum absolute atomic E-state index is 0.810. The fourth-order valence-corrected chi connectivity index (χ4v) is 2.94. The summed E-state index contributed by atoms with van der Waals surface area (Å²) in [5.74, 6) is 4.50. The maximum Gasteiger partial charge on any atom is 0.0545 e. The molecule has 0 aliphatic carbocycles. The maximum absolute atomic E-state index is 5.14. The SMILES string of the molecule is C#CCSCCNCc1sccc1Br. The van der Waals surface area contributed by atoms with Crippen molar-refractivity contribution in [3.63, 3.8) is 0 Å². The topological polar surface area (TPSA) is 12.0 Å². The molecule has 0 aliphatic heterocycles. The minimum Gasteiger partial charge on any atom is -0.311 e. The number of halogens is 1. The molecule has 1 nitrogen and oxygen atoms in total. The molecular weight excluding hydrogens is 278 g/mol. The van der Waals surface area contributed by atoms with Gasteiger partial charge in [-0.25, -0.2) is 0 Å². The van der Waals surface area contributed by atoms with Gasteiger partial charge in [0.05, 0.1) is 5.75 Å². The van der Waals surface area contributed by atoms with E-state index in [0.717, 1.165) is 24.6 Å². The Morgan fingerprint density at radius 3 is 3.14 bits per heavy atom. The molecule has 76 valence electrons. The second kappa shape index (κ2) is 7.36. The van der Waals surface area contributed by atoms with Gasteiger partial charge in [-0.3, -0.25) is 0 Å². The monoisotopic (exact) mass is 289 g/mol. The summed E-state index contributed by atoms with van der Waals surface area (Å²) < 4.78 is 1.20. The van der Waals surface area contributed by atoms with E-state index in [1.807, 2.05) is 0 Å². The second-order valence-electron chi connectivity index (χ2n) is 2.63. The number of rotatable bonds is 6. The third-order valence-electron chi connectivity index (χ3n) is 1.59. The molecule has 0 amide bonds. The van der Waals surface area contributed by atoms with E-state index in [1.165, 1.54) is 9.35 Å². The maximum atomic E-state index is 5.14. The predicted octanol–water partition coefficient (Wildman–Crippen LogP) is 2.97. The second-order valence-corrected chi connectivity index (χ2v) is 5.59. The number of thiophene rings is 1. The van der Waals surface area contributed by atoms with Gasteiger partial charge < -0.3 is 5.32 Å². The quantitative estimate of drug-likeness (QED) is 0.638. The van der Waals surface area contributed by atoms with Gasteiger partial charge in [0.25, 0.3) is 0 Å². The van der Waals surface area contributed by atoms with Crippen LogP contribution in [0.4, 0.5) is 0 Å². The molecule has 1 heterocycles. The van der Waals surface area contributed by atoms with Crippen LogP contribution in [-0.4, -0.2) is 18.1 Å². The molecule has 0 atom stereocenters. The van der Waals surface area contributed by atoms with Gasteiger partial charge in [0.1, 0.15) is 0 Å². The average molecular weight is 290 g/mol. The molecule has 0 bridgehead atoms. The molecule has 1 N–H and O–H groups in total. The molecule has 0 saturated heterocycles. The van der Waals surface area contributed by atoms with Crippen LogP contribution in [-0.2, 0) is 6.54 Å². The van der Waals surface area contributed by atoms with Crippen molar-refractivity contribution in [2.45, 2.75) is 6.54 Å². The lowest BCUT2D eigenvalue weighted by Gasteiger charge is -2.02. The van der Waals surface area contributed by atoms with E-state index < -0.39 is 0 Å². The summed E-state index contributed by atoms with van der Waals surface area (Å²) in [5, 5.41) is 5.47. The summed E-state index contributed by atoms with van der Waals surface area (Å²) in [6, 6.07) is 2.08. The summed E-state index contributed by atoms with van der Waals surface area (Å²) in [6.45, 7) is 1.95. The molecule has 0 spiro atoms. The van der Waals surface area contributed by atoms with Crippen LogP contribution in [0.1, 0.15) is 4.88 Å². The molecule has 0 radical (unpaired) electrons. The molecule has 1 aromatic heterocycles. The highest BCUT2D eigenvalue weighted by atomic mass is 79.9. The van der Waals surface area contributed by atoms with Crippen LogP contribution in [0.3, 0.4) is 0 Å². The van der Waals surface area contributed by atoms with Gasteiger partial charge in [0.2, 0.25) is 0 Å². The van der Waals surface area contributed by atoms with Crippen LogP contribution in [0.5, 0.6) is 0 Å². The first-order valence-electron chi connectivity index (χ1n) is 4.28. The van der Waals surface area contributed by atoms with Crippen molar-refractivity contribution in [3.05, 3.63) is 20.8 Å². The van der Waals surface area contributed by atoms with Crippen LogP contribution >= 0.6 is 39.0 Å². The Morgan fingerprint density at radius 2 is 2.50 bits per heavy atom. The smallest absolute Gasteiger partial charge is 0.0545 e. The Morgan fingerprint density at radius 1 is 1.64 bits per heavy atom. The van der Waals surface area contributed by atoms with Crippen molar-refractivity contribution < 1.29 is 0 Å². The first-order chi connectivity index (χ1) is 6.84. The Bertz CT molecular complexity index is 303. The lowest BCUT2D eigenvalue weighted by molar-refractivity contribution is 0.739. The summed E-state index contributed by atoms with van der Waals surface area (Å²) in [5.41, 5.74) is 0. The Balaban J connectivity index is 2.05. The van der Waals surface area contributed by atoms with Gasteiger partial charge in [-0.2, -0.15) is 0 Å². The van der Waals surface area contributed by atoms with Gasteiger partial charge in [-0.15, -0.1) is 29.5 Å². The molecule has 14 heavy (non-hydrogen) atoms. The van der Waals surface area contributed by atoms with Crippen LogP contribution in [0.15, 0.2) is 15.9 Å². The lowest BCUT2D eigenvalue weighted by Crippen LogP contribution is -2.16. The van der Waals surface area contributed by atoms with E-state index in [0.29, 0.717) is 0 Å². The zero-order valence-corrected chi connectivity index (χ0v) is 11.0. The first kappa shape index (κ1) is 12.1. The third-order valence-corrected chi connectivity index (χ3v) is 4.38. The van der Waals surface area contributed by atoms with E-state index in [-0.39, 0.29) is 0 Å². The van der Waals surface area contributed by atoms with Crippen LogP contribution in [0, 0.1) is 12.3 Å². The standard InChI is InChI=1S/C10H12BrNS2/c1-2-5-13-7-4-12-8-10-9(11)3-6-14-10/h1,3,6,12H,4-5,7-8H2. The van der Waals surface area contributed by atoms with Gasteiger partial charge in [0.15, 0.2) is 0 Å². The normalized spacial score (nSPS) is 10.0. The van der Waals surface area contributed by atoms with Gasteiger partial charge >= 0.3 is 0 Å². The summed E-state index contributed by atoms with van der Waals surface area (Å²) in [4.78, 5) is 1.35. The van der Waals surface area contributed by atoms with E-state index in [1.54, 1.807) is 23.1 Å². The first-order valence-corrected chi connectivity index (χ1v) is 7.11. The number of thioether (sulfide) groups is 1. The van der Waals surface area contributed by atoms with Crippen molar-refractivity contribution in [2.75, 3.05) is 18.1 Å². The summed E-state index contributed by atoms with van der Waals surface area (Å²) in [7, 11) is 0. The molecule has 0 unspecified atom stereocenters. The number of hydrogen-bond donors (Lipinski definition) is 1. The molecule has 4 heteroatoms. The summed E-state index contributed by atoms with van der Waals surface area (Å²) in [6.07, 6.45) is 5.14. The van der Waals surface area contributed by atoms with Gasteiger partial charge in [-0.1, -0.05) is 5.92 Å². The lowest BCUT2D eigenvalue weighted by atomic mass is 10.4. The van der Waals surface area contributed by atoms with Crippen LogP contribution < -0.4 is 5.32 Å². The van der Waals surface area contributed by atoms with Gasteiger partial charge in [0, 0.05) is 28.2 Å². The van der Waals surface area contributed by atoms with E-state index in [2.05, 4.69) is 38.6 Å². The molecule has 0 fully saturated rings. The van der Waals surface area contributed by atoms with Crippen molar-refractivity contribution in [1.82, 2.24) is 5.32 Å². The molecule has 0 aliphatic rings. The average Bonchev–Trinajstić information content (AvgIpc) is 2.58. The molecule has 1 rings (SSSR count). The zero-order chi connectivity index (χ0) is 10.2. The van der Waals surface area contributed by atoms with Crippen molar-refractivity contribution in [3.8, 4) is 12.3 Å². The van der Waals surface area contributed by atoms with E-state index in [9.17, 15) is 0 Å². The van der Waals surface area contributed by atoms with Crippen molar-refractivity contribution >= 4 is 39.0 Å². The van der Waals surface area contributed by atoms with Gasteiger partial charge in [-0.05, 0) is 27.4 Å². The van der Waals surface area contributed by atoms with Crippen LogP contribution in [0.25, 0.3) is 0 Å². The molecule has 0 aromatic carbocycles. The molecular formula is C10H12BrNS2. The zero-order valence-electron chi connectivity index (χ0n) is 7.75. The fourth-order valence-electron chi connectivity index (χ4n) is 0.929. The number of hydrogen-bond acceptors (Lipinski definition) is 3. The Labute approximate surface area is 102 Å². The number of terminal acetylenes is 1. The highest BCUT2D eigenvalue weighted by Crippen LogP contribution is 2.21. The third kappa shape index (κ3) is 4.52. The van der Waals surface area contributed by atoms with E-state index in [4.69, 9.17) is 6.42 Å². The number of nitrogens with one attached hydrogen (secondary N) is 1. The molecule has 0 saturated carbocycles. The molecule has 1 aromatic rings. The Hall–Kier alpha value is 0.0500. The van der Waals surface area contributed by atoms with Crippen molar-refractivity contribution in [1.29, 1.82) is 0 Å². The predicted molar refractivity (Wildman–Crippen MR) is 69.9 cm³/mol. The Kier molecular flexibility index (Phi) is 6.37. The summed E-state index contributed by atoms with van der Waals surface area (Å²) >= 11 is 7.06. The fraction of sp³-hybridized carbons (Fsp3) is 0.400. The van der Waals surface area contributed by atoms with E-state index >= 15 is 0 Å². The van der Waals surface area contributed by atoms with Crippen molar-refractivity contribution in [2.24, 2.45) is 0 Å². The highest BCUT2D eigenvalue weighted by molar-refractivity contribution is 9.10. The van der Waals surface area contributed by atoms with Crippen LogP contribution in [0.2, 0.25) is 0 Å². The minimum atomic E-state index is 0.810. The highest BCUT2D eigenvalue weighted by Gasteiger charge is 1.99. The largest absolute Gasteiger partial charge is 0.311 e.